The molecule has 0 radical (unpaired) electrons. The predicted octanol–water partition coefficient (Wildman–Crippen LogP) is 2.64. The van der Waals surface area contributed by atoms with E-state index in [1.54, 1.807) is 20.8 Å². The summed E-state index contributed by atoms with van der Waals surface area (Å²) < 4.78 is 5.34. The number of carbonyl (C=O) groups is 2. The Kier molecular flexibility index (Phi) is 4.68. The van der Waals surface area contributed by atoms with Crippen LogP contribution in [0.4, 0.5) is 4.79 Å². The number of ether oxygens (including phenoxy) is 1. The van der Waals surface area contributed by atoms with Crippen molar-refractivity contribution < 1.29 is 24.5 Å². The van der Waals surface area contributed by atoms with E-state index in [2.05, 4.69) is 6.92 Å². The molecule has 0 bridgehead atoms. The normalized spacial score (nSPS) is 35.2. The first-order chi connectivity index (χ1) is 10.5. The summed E-state index contributed by atoms with van der Waals surface area (Å²) in [5, 5.41) is 20.9. The Morgan fingerprint density at radius 2 is 1.74 bits per heavy atom. The third-order valence-electron chi connectivity index (χ3n) is 5.32. The van der Waals surface area contributed by atoms with Gasteiger partial charge in [0.1, 0.15) is 11.0 Å². The van der Waals surface area contributed by atoms with Crippen molar-refractivity contribution in [1.29, 1.82) is 0 Å². The molecule has 1 saturated carbocycles. The van der Waals surface area contributed by atoms with Crippen LogP contribution in [-0.2, 0) is 9.53 Å². The molecule has 1 saturated heterocycles. The molecule has 23 heavy (non-hydrogen) atoms. The van der Waals surface area contributed by atoms with Crippen LogP contribution >= 0.6 is 0 Å². The number of amides is 1. The molecule has 0 spiro atoms. The van der Waals surface area contributed by atoms with Gasteiger partial charge in [-0.3, -0.25) is 4.79 Å². The van der Waals surface area contributed by atoms with Crippen molar-refractivity contribution in [2.75, 3.05) is 13.1 Å². The molecule has 2 rings (SSSR count). The van der Waals surface area contributed by atoms with Gasteiger partial charge in [0.2, 0.25) is 0 Å². The van der Waals surface area contributed by atoms with E-state index in [4.69, 9.17) is 4.74 Å². The molecule has 2 fully saturated rings. The van der Waals surface area contributed by atoms with Gasteiger partial charge in [0.15, 0.2) is 0 Å². The quantitative estimate of drug-likeness (QED) is 0.814. The van der Waals surface area contributed by atoms with Crippen molar-refractivity contribution in [2.24, 2.45) is 11.3 Å². The van der Waals surface area contributed by atoms with Gasteiger partial charge in [0.05, 0.1) is 5.60 Å². The van der Waals surface area contributed by atoms with Gasteiger partial charge in [0, 0.05) is 13.1 Å². The molecule has 0 aromatic heterocycles. The molecule has 1 amide bonds. The maximum atomic E-state index is 12.2. The zero-order valence-electron chi connectivity index (χ0n) is 14.6. The monoisotopic (exact) mass is 327 g/mol. The van der Waals surface area contributed by atoms with Crippen LogP contribution in [0.2, 0.25) is 0 Å². The summed E-state index contributed by atoms with van der Waals surface area (Å²) in [5.74, 6) is -0.509. The summed E-state index contributed by atoms with van der Waals surface area (Å²) in [6.07, 6.45) is 2.35. The number of carbonyl (C=O) groups excluding carboxylic acids is 1. The van der Waals surface area contributed by atoms with Gasteiger partial charge >= 0.3 is 12.1 Å². The van der Waals surface area contributed by atoms with E-state index < -0.39 is 28.7 Å². The minimum absolute atomic E-state index is 0.0160. The standard InChI is InChI=1S/C17H29NO5/c1-12-5-7-17(22,8-6-12)16(13(19)20)9-10-18(11-16)14(21)23-15(2,3)4/h12,22H,5-11H2,1-4H3,(H,19,20). The molecular formula is C17H29NO5. The van der Waals surface area contributed by atoms with E-state index in [0.717, 1.165) is 12.8 Å². The highest BCUT2D eigenvalue weighted by Crippen LogP contribution is 2.49. The average molecular weight is 327 g/mol. The third kappa shape index (κ3) is 3.47. The minimum Gasteiger partial charge on any atom is -0.481 e. The lowest BCUT2D eigenvalue weighted by molar-refractivity contribution is -0.174. The third-order valence-corrected chi connectivity index (χ3v) is 5.32. The lowest BCUT2D eigenvalue weighted by atomic mass is 9.63. The lowest BCUT2D eigenvalue weighted by Crippen LogP contribution is -2.56. The van der Waals surface area contributed by atoms with Gasteiger partial charge in [-0.25, -0.2) is 4.79 Å². The first-order valence-electron chi connectivity index (χ1n) is 8.43. The van der Waals surface area contributed by atoms with E-state index in [1.807, 2.05) is 0 Å². The Morgan fingerprint density at radius 1 is 1.17 bits per heavy atom. The molecule has 2 N–H and O–H groups in total. The first-order valence-corrected chi connectivity index (χ1v) is 8.43. The number of likely N-dealkylation sites (tertiary alicyclic amines) is 1. The molecule has 1 unspecified atom stereocenters. The Hall–Kier alpha value is -1.30. The van der Waals surface area contributed by atoms with Crippen molar-refractivity contribution in [3.05, 3.63) is 0 Å². The van der Waals surface area contributed by atoms with Crippen LogP contribution in [0.25, 0.3) is 0 Å². The van der Waals surface area contributed by atoms with Crippen molar-refractivity contribution >= 4 is 12.1 Å². The smallest absolute Gasteiger partial charge is 0.410 e. The van der Waals surface area contributed by atoms with Gasteiger partial charge in [-0.1, -0.05) is 6.92 Å². The SMILES string of the molecule is CC1CCC(O)(C2(C(=O)O)CCN(C(=O)OC(C)(C)C)C2)CC1. The maximum Gasteiger partial charge on any atom is 0.410 e. The molecule has 0 aromatic carbocycles. The van der Waals surface area contributed by atoms with Gasteiger partial charge in [0.25, 0.3) is 0 Å². The van der Waals surface area contributed by atoms with E-state index in [9.17, 15) is 19.8 Å². The molecule has 0 aromatic rings. The molecular weight excluding hydrogens is 298 g/mol. The number of rotatable bonds is 2. The number of carboxylic acids is 1. The molecule has 6 heteroatoms. The van der Waals surface area contributed by atoms with Crippen LogP contribution in [-0.4, -0.2) is 51.5 Å². The second kappa shape index (κ2) is 5.96. The minimum atomic E-state index is -1.29. The molecule has 1 aliphatic heterocycles. The van der Waals surface area contributed by atoms with Crippen LogP contribution in [0, 0.1) is 11.3 Å². The second-order valence-electron chi connectivity index (χ2n) is 8.25. The molecule has 1 heterocycles. The van der Waals surface area contributed by atoms with Gasteiger partial charge < -0.3 is 19.8 Å². The molecule has 132 valence electrons. The van der Waals surface area contributed by atoms with Gasteiger partial charge in [-0.15, -0.1) is 0 Å². The number of hydrogen-bond donors (Lipinski definition) is 2. The van der Waals surface area contributed by atoms with Crippen LogP contribution in [0.5, 0.6) is 0 Å². The summed E-state index contributed by atoms with van der Waals surface area (Å²) in [6.45, 7) is 7.78. The Morgan fingerprint density at radius 3 is 2.22 bits per heavy atom. The topological polar surface area (TPSA) is 87.1 Å². The zero-order chi connectivity index (χ0) is 17.5. The predicted molar refractivity (Wildman–Crippen MR) is 85.1 cm³/mol. The summed E-state index contributed by atoms with van der Waals surface area (Å²) >= 11 is 0. The van der Waals surface area contributed by atoms with E-state index in [-0.39, 0.29) is 13.0 Å². The first kappa shape index (κ1) is 18.0. The molecule has 6 nitrogen and oxygen atoms in total. The lowest BCUT2D eigenvalue weighted by Gasteiger charge is -2.45. The Balaban J connectivity index is 2.18. The largest absolute Gasteiger partial charge is 0.481 e. The van der Waals surface area contributed by atoms with Crippen molar-refractivity contribution in [3.63, 3.8) is 0 Å². The molecule has 1 aliphatic carbocycles. The summed E-state index contributed by atoms with van der Waals surface area (Å²) in [4.78, 5) is 25.7. The van der Waals surface area contributed by atoms with E-state index in [0.29, 0.717) is 25.3 Å². The summed E-state index contributed by atoms with van der Waals surface area (Å²) in [6, 6.07) is 0. The van der Waals surface area contributed by atoms with E-state index in [1.165, 1.54) is 4.90 Å². The fourth-order valence-electron chi connectivity index (χ4n) is 3.76. The zero-order valence-corrected chi connectivity index (χ0v) is 14.6. The van der Waals surface area contributed by atoms with Crippen molar-refractivity contribution in [2.45, 2.75) is 71.0 Å². The summed E-state index contributed by atoms with van der Waals surface area (Å²) in [5.41, 5.74) is -3.16. The number of aliphatic hydroxyl groups is 1. The fraction of sp³-hybridized carbons (Fsp3) is 0.882. The maximum absolute atomic E-state index is 12.2. The fourth-order valence-corrected chi connectivity index (χ4v) is 3.76. The van der Waals surface area contributed by atoms with Crippen LogP contribution in [0.1, 0.15) is 59.8 Å². The highest BCUT2D eigenvalue weighted by molar-refractivity contribution is 5.79. The number of hydrogen-bond acceptors (Lipinski definition) is 4. The Labute approximate surface area is 137 Å². The van der Waals surface area contributed by atoms with Gasteiger partial charge in [-0.2, -0.15) is 0 Å². The van der Waals surface area contributed by atoms with E-state index >= 15 is 0 Å². The van der Waals surface area contributed by atoms with Crippen LogP contribution in [0.15, 0.2) is 0 Å². The van der Waals surface area contributed by atoms with Crippen molar-refractivity contribution in [3.8, 4) is 0 Å². The highest BCUT2D eigenvalue weighted by Gasteiger charge is 2.60. The highest BCUT2D eigenvalue weighted by atomic mass is 16.6. The average Bonchev–Trinajstić information content (AvgIpc) is 2.87. The number of aliphatic carboxylic acids is 1. The van der Waals surface area contributed by atoms with Crippen LogP contribution < -0.4 is 0 Å². The van der Waals surface area contributed by atoms with Gasteiger partial charge in [-0.05, 0) is 58.8 Å². The van der Waals surface area contributed by atoms with Crippen molar-refractivity contribution in [1.82, 2.24) is 4.90 Å². The van der Waals surface area contributed by atoms with Crippen LogP contribution in [0.3, 0.4) is 0 Å². The summed E-state index contributed by atoms with van der Waals surface area (Å²) in [7, 11) is 0. The number of carboxylic acid groups (broad SMARTS) is 1. The second-order valence-corrected chi connectivity index (χ2v) is 8.25. The molecule has 2 aliphatic rings. The Bertz CT molecular complexity index is 476. The molecule has 1 atom stereocenters. The number of nitrogens with zero attached hydrogens (tertiary/aromatic N) is 1.